The summed E-state index contributed by atoms with van der Waals surface area (Å²) in [4.78, 5) is 0. The predicted octanol–water partition coefficient (Wildman–Crippen LogP) is 6.40. The highest BCUT2D eigenvalue weighted by molar-refractivity contribution is 9.10. The maximum absolute atomic E-state index is 3.90. The first-order chi connectivity index (χ1) is 11.1. The van der Waals surface area contributed by atoms with E-state index in [2.05, 4.69) is 89.7 Å². The van der Waals surface area contributed by atoms with E-state index in [-0.39, 0.29) is 0 Å². The zero-order chi connectivity index (χ0) is 16.0. The summed E-state index contributed by atoms with van der Waals surface area (Å²) in [5, 5.41) is 3.90. The number of anilines is 1. The van der Waals surface area contributed by atoms with Crippen molar-refractivity contribution in [3.63, 3.8) is 0 Å². The summed E-state index contributed by atoms with van der Waals surface area (Å²) in [6.45, 7) is 4.56. The van der Waals surface area contributed by atoms with E-state index in [0.717, 1.165) is 10.9 Å². The second kappa shape index (κ2) is 5.83. The molecule has 2 heteroatoms. The lowest BCUT2D eigenvalue weighted by Crippen LogP contribution is -2.29. The first-order valence-corrected chi connectivity index (χ1v) is 9.26. The number of nitrogens with one attached hydrogen (secondary N) is 1. The van der Waals surface area contributed by atoms with Gasteiger partial charge in [-0.15, -0.1) is 0 Å². The molecule has 2 aromatic carbocycles. The maximum Gasteiger partial charge on any atom is 0.0554 e. The minimum atomic E-state index is 0.375. The van der Waals surface area contributed by atoms with Crippen LogP contribution >= 0.6 is 15.9 Å². The molecule has 0 unspecified atom stereocenters. The number of allylic oxidation sites excluding steroid dienone is 2. The Balaban J connectivity index is 1.83. The van der Waals surface area contributed by atoms with E-state index < -0.39 is 0 Å². The Morgan fingerprint density at radius 1 is 1.13 bits per heavy atom. The van der Waals surface area contributed by atoms with Crippen LogP contribution in [0.1, 0.15) is 54.8 Å². The van der Waals surface area contributed by atoms with Crippen molar-refractivity contribution in [2.24, 2.45) is 5.92 Å². The highest BCUT2D eigenvalue weighted by Gasteiger charge is 2.38. The summed E-state index contributed by atoms with van der Waals surface area (Å²) in [7, 11) is 0. The van der Waals surface area contributed by atoms with Crippen molar-refractivity contribution in [3.8, 4) is 0 Å². The molecule has 0 saturated carbocycles. The number of rotatable bonds is 2. The van der Waals surface area contributed by atoms with Gasteiger partial charge in [0.25, 0.3) is 0 Å². The normalized spacial score (nSPS) is 25.1. The average Bonchev–Trinajstić information content (AvgIpc) is 3.03. The summed E-state index contributed by atoms with van der Waals surface area (Å²) >= 11 is 3.63. The topological polar surface area (TPSA) is 12.0 Å². The third kappa shape index (κ3) is 2.53. The van der Waals surface area contributed by atoms with Crippen LogP contribution in [0.4, 0.5) is 5.69 Å². The van der Waals surface area contributed by atoms with Crippen LogP contribution in [0.3, 0.4) is 0 Å². The Hall–Kier alpha value is -1.54. The average molecular weight is 368 g/mol. The lowest BCUT2D eigenvalue weighted by atomic mass is 9.75. The molecule has 1 N–H and O–H groups in total. The van der Waals surface area contributed by atoms with Crippen LogP contribution in [0.2, 0.25) is 0 Å². The van der Waals surface area contributed by atoms with Crippen molar-refractivity contribution >= 4 is 21.6 Å². The van der Waals surface area contributed by atoms with Crippen molar-refractivity contribution in [1.82, 2.24) is 0 Å². The van der Waals surface area contributed by atoms with Gasteiger partial charge in [-0.05, 0) is 47.1 Å². The Kier molecular flexibility index (Phi) is 3.81. The molecule has 3 atom stereocenters. The third-order valence-corrected chi connectivity index (χ3v) is 5.75. The fourth-order valence-corrected chi connectivity index (χ4v) is 4.57. The number of para-hydroxylation sites is 1. The molecule has 0 bridgehead atoms. The van der Waals surface area contributed by atoms with E-state index in [1.54, 1.807) is 0 Å². The molecule has 1 nitrogen and oxygen atoms in total. The molecule has 0 amide bonds. The number of benzene rings is 2. The molecule has 0 fully saturated rings. The fourth-order valence-electron chi connectivity index (χ4n) is 4.16. The molecular formula is C21H22BrN. The van der Waals surface area contributed by atoms with E-state index >= 15 is 0 Å². The summed E-state index contributed by atoms with van der Waals surface area (Å²) < 4.78 is 1.15. The SMILES string of the molecule is CC(C)c1cccc2c1N[C@H](c1cccc(Br)c1)[C@H]1CC=C[C@@H]21. The number of hydrogen-bond acceptors (Lipinski definition) is 1. The Morgan fingerprint density at radius 2 is 1.96 bits per heavy atom. The Bertz CT molecular complexity index is 762. The van der Waals surface area contributed by atoms with Gasteiger partial charge < -0.3 is 5.32 Å². The van der Waals surface area contributed by atoms with Gasteiger partial charge >= 0.3 is 0 Å². The second-order valence-electron chi connectivity index (χ2n) is 7.00. The first-order valence-electron chi connectivity index (χ1n) is 8.46. The molecule has 2 aliphatic rings. The monoisotopic (exact) mass is 367 g/mol. The van der Waals surface area contributed by atoms with Crippen LogP contribution in [0.15, 0.2) is 59.1 Å². The molecule has 23 heavy (non-hydrogen) atoms. The molecule has 0 radical (unpaired) electrons. The molecule has 4 rings (SSSR count). The van der Waals surface area contributed by atoms with E-state index in [4.69, 9.17) is 0 Å². The minimum Gasteiger partial charge on any atom is -0.377 e. The highest BCUT2D eigenvalue weighted by Crippen LogP contribution is 2.51. The van der Waals surface area contributed by atoms with Crippen LogP contribution < -0.4 is 5.32 Å². The van der Waals surface area contributed by atoms with Crippen molar-refractivity contribution < 1.29 is 0 Å². The standard InChI is InChI=1S/C21H22BrN/c1-13(2)16-8-4-11-19-17-9-5-10-18(17)20(23-21(16)19)14-6-3-7-15(22)12-14/h3-9,11-13,17-18,20,23H,10H2,1-2H3/t17-,18+,20-/m1/s1. The van der Waals surface area contributed by atoms with Crippen LogP contribution in [-0.4, -0.2) is 0 Å². The van der Waals surface area contributed by atoms with Crippen molar-refractivity contribution in [2.75, 3.05) is 5.32 Å². The predicted molar refractivity (Wildman–Crippen MR) is 101 cm³/mol. The van der Waals surface area contributed by atoms with Crippen molar-refractivity contribution in [1.29, 1.82) is 0 Å². The van der Waals surface area contributed by atoms with Crippen LogP contribution in [0, 0.1) is 5.92 Å². The maximum atomic E-state index is 3.90. The zero-order valence-electron chi connectivity index (χ0n) is 13.6. The van der Waals surface area contributed by atoms with Gasteiger partial charge in [-0.1, -0.05) is 72.3 Å². The van der Waals surface area contributed by atoms with Crippen molar-refractivity contribution in [2.45, 2.75) is 38.1 Å². The van der Waals surface area contributed by atoms with Gasteiger partial charge in [0, 0.05) is 16.1 Å². The van der Waals surface area contributed by atoms with E-state index in [1.807, 2.05) is 0 Å². The van der Waals surface area contributed by atoms with Gasteiger partial charge in [0.15, 0.2) is 0 Å². The van der Waals surface area contributed by atoms with Gasteiger partial charge in [0.2, 0.25) is 0 Å². The van der Waals surface area contributed by atoms with Crippen LogP contribution in [0.5, 0.6) is 0 Å². The highest BCUT2D eigenvalue weighted by atomic mass is 79.9. The van der Waals surface area contributed by atoms with Crippen molar-refractivity contribution in [3.05, 3.63) is 75.8 Å². The van der Waals surface area contributed by atoms with Gasteiger partial charge in [-0.3, -0.25) is 0 Å². The Labute approximate surface area is 146 Å². The third-order valence-electron chi connectivity index (χ3n) is 5.26. The number of hydrogen-bond donors (Lipinski definition) is 1. The minimum absolute atomic E-state index is 0.375. The molecule has 0 aromatic heterocycles. The zero-order valence-corrected chi connectivity index (χ0v) is 15.2. The number of halogens is 1. The first kappa shape index (κ1) is 15.0. The quantitative estimate of drug-likeness (QED) is 0.605. The van der Waals surface area contributed by atoms with E-state index in [1.165, 1.54) is 22.4 Å². The summed E-state index contributed by atoms with van der Waals surface area (Å²) in [6, 6.07) is 15.9. The molecule has 0 saturated heterocycles. The van der Waals surface area contributed by atoms with E-state index in [9.17, 15) is 0 Å². The van der Waals surface area contributed by atoms with Gasteiger partial charge in [0.05, 0.1) is 6.04 Å². The smallest absolute Gasteiger partial charge is 0.0554 e. The van der Waals surface area contributed by atoms with Crippen LogP contribution in [0.25, 0.3) is 0 Å². The summed E-state index contributed by atoms with van der Waals surface area (Å²) in [5.74, 6) is 1.68. The fraction of sp³-hybridized carbons (Fsp3) is 0.333. The molecule has 118 valence electrons. The lowest BCUT2D eigenvalue weighted by Gasteiger charge is -2.39. The lowest BCUT2D eigenvalue weighted by molar-refractivity contribution is 0.424. The molecular weight excluding hydrogens is 346 g/mol. The largest absolute Gasteiger partial charge is 0.377 e. The molecule has 1 aliphatic heterocycles. The molecule has 2 aromatic rings. The van der Waals surface area contributed by atoms with Gasteiger partial charge in [-0.25, -0.2) is 0 Å². The molecule has 1 heterocycles. The Morgan fingerprint density at radius 3 is 2.74 bits per heavy atom. The van der Waals surface area contributed by atoms with Gasteiger partial charge in [-0.2, -0.15) is 0 Å². The summed E-state index contributed by atoms with van der Waals surface area (Å²) in [5.41, 5.74) is 5.64. The molecule has 0 spiro atoms. The molecule has 1 aliphatic carbocycles. The number of fused-ring (bicyclic) bond motifs is 3. The second-order valence-corrected chi connectivity index (χ2v) is 7.91. The van der Waals surface area contributed by atoms with Crippen LogP contribution in [-0.2, 0) is 0 Å². The summed E-state index contributed by atoms with van der Waals surface area (Å²) in [6.07, 6.45) is 5.93. The van der Waals surface area contributed by atoms with E-state index in [0.29, 0.717) is 23.8 Å². The van der Waals surface area contributed by atoms with Gasteiger partial charge in [0.1, 0.15) is 0 Å².